The maximum atomic E-state index is 14.3. The van der Waals surface area contributed by atoms with Crippen LogP contribution in [0.3, 0.4) is 0 Å². The molecule has 0 bridgehead atoms. The number of likely N-dealkylation sites (tertiary alicyclic amines) is 1. The molecule has 3 N–H and O–H groups in total. The molecular formula is C20H23FIN5O3. The van der Waals surface area contributed by atoms with Gasteiger partial charge in [-0.15, -0.1) is 0 Å². The number of aromatic nitrogens is 2. The molecule has 8 nitrogen and oxygen atoms in total. The van der Waals surface area contributed by atoms with Crippen molar-refractivity contribution < 1.29 is 14.3 Å². The Bertz CT molecular complexity index is 1030. The van der Waals surface area contributed by atoms with E-state index in [0.717, 1.165) is 34.1 Å². The maximum Gasteiger partial charge on any atom is 0.276 e. The molecule has 1 aromatic heterocycles. The molecule has 0 radical (unpaired) electrons. The Hall–Kier alpha value is -2.05. The van der Waals surface area contributed by atoms with E-state index < -0.39 is 22.9 Å². The van der Waals surface area contributed by atoms with Crippen molar-refractivity contribution in [1.29, 1.82) is 0 Å². The number of anilines is 2. The zero-order chi connectivity index (χ0) is 21.5. The van der Waals surface area contributed by atoms with Gasteiger partial charge in [-0.25, -0.2) is 9.07 Å². The minimum atomic E-state index is -0.966. The fourth-order valence-corrected chi connectivity index (χ4v) is 4.42. The third-order valence-corrected chi connectivity index (χ3v) is 6.34. The molecule has 0 spiro atoms. The molecule has 2 saturated heterocycles. The third-order valence-electron chi connectivity index (χ3n) is 5.67. The molecule has 2 fully saturated rings. The van der Waals surface area contributed by atoms with E-state index in [1.54, 1.807) is 12.1 Å². The summed E-state index contributed by atoms with van der Waals surface area (Å²) in [7, 11) is 1.45. The normalized spacial score (nSPS) is 20.5. The number of benzene rings is 1. The summed E-state index contributed by atoms with van der Waals surface area (Å²) in [5.41, 5.74) is -1.10. The van der Waals surface area contributed by atoms with Gasteiger partial charge in [0.05, 0.1) is 24.5 Å². The fraction of sp³-hybridized carbons (Fsp3) is 0.450. The Morgan fingerprint density at radius 3 is 2.77 bits per heavy atom. The van der Waals surface area contributed by atoms with Crippen LogP contribution in [0.15, 0.2) is 29.1 Å². The summed E-state index contributed by atoms with van der Waals surface area (Å²) in [6, 6.07) is 5.80. The first-order chi connectivity index (χ1) is 14.3. The highest BCUT2D eigenvalue weighted by Crippen LogP contribution is 2.31. The third kappa shape index (κ3) is 4.08. The maximum absolute atomic E-state index is 14.3. The van der Waals surface area contributed by atoms with Gasteiger partial charge in [-0.3, -0.25) is 9.59 Å². The summed E-state index contributed by atoms with van der Waals surface area (Å²) in [6.45, 7) is 1.23. The number of carbonyl (C=O) groups excluding carboxylic acids is 1. The van der Waals surface area contributed by atoms with Crippen molar-refractivity contribution in [1.82, 2.24) is 20.0 Å². The Balaban J connectivity index is 1.57. The Labute approximate surface area is 186 Å². The van der Waals surface area contributed by atoms with E-state index in [1.165, 1.54) is 24.1 Å². The van der Waals surface area contributed by atoms with Crippen LogP contribution in [0.5, 0.6) is 0 Å². The molecule has 30 heavy (non-hydrogen) atoms. The molecule has 4 rings (SSSR count). The molecule has 10 heteroatoms. The standard InChI is InChI=1S/C20H23FIN5O3/c1-26-17(28)9-15(24-14-6-5-12(22)8-13(14)21)18(25-26)19(29)27-10-20(30,11-27)16-4-2-3-7-23-16/h5-6,8-9,16,23-24,30H,2-4,7,10-11H2,1H3. The Morgan fingerprint density at radius 2 is 2.10 bits per heavy atom. The van der Waals surface area contributed by atoms with Gasteiger partial charge >= 0.3 is 0 Å². The number of aliphatic hydroxyl groups is 1. The van der Waals surface area contributed by atoms with Crippen molar-refractivity contribution in [2.75, 3.05) is 25.0 Å². The summed E-state index contributed by atoms with van der Waals surface area (Å²) >= 11 is 2.00. The van der Waals surface area contributed by atoms with Gasteiger partial charge < -0.3 is 20.6 Å². The first-order valence-corrected chi connectivity index (χ1v) is 10.9. The molecule has 2 aliphatic rings. The van der Waals surface area contributed by atoms with Crippen LogP contribution in [0.2, 0.25) is 0 Å². The van der Waals surface area contributed by atoms with E-state index in [9.17, 15) is 19.1 Å². The zero-order valence-corrected chi connectivity index (χ0v) is 18.6. The topological polar surface area (TPSA) is 99.5 Å². The SMILES string of the molecule is Cn1nc(C(=O)N2CC(O)(C3CCCCN3)C2)c(Nc2ccc(I)cc2F)cc1=O. The summed E-state index contributed by atoms with van der Waals surface area (Å²) < 4.78 is 16.1. The quantitative estimate of drug-likeness (QED) is 0.523. The van der Waals surface area contributed by atoms with Gasteiger partial charge in [-0.05, 0) is 60.2 Å². The van der Waals surface area contributed by atoms with Crippen LogP contribution in [0.1, 0.15) is 29.8 Å². The minimum Gasteiger partial charge on any atom is -0.385 e. The van der Waals surface area contributed by atoms with Crippen LogP contribution in [0.25, 0.3) is 0 Å². The highest BCUT2D eigenvalue weighted by atomic mass is 127. The van der Waals surface area contributed by atoms with Crippen LogP contribution in [-0.4, -0.2) is 57.0 Å². The number of rotatable bonds is 4. The van der Waals surface area contributed by atoms with E-state index in [-0.39, 0.29) is 36.2 Å². The van der Waals surface area contributed by atoms with Gasteiger partial charge in [0.25, 0.3) is 11.5 Å². The van der Waals surface area contributed by atoms with Gasteiger partial charge in [0.2, 0.25) is 0 Å². The number of halogens is 2. The highest BCUT2D eigenvalue weighted by molar-refractivity contribution is 14.1. The molecular weight excluding hydrogens is 504 g/mol. The number of piperidine rings is 1. The second-order valence-corrected chi connectivity index (χ2v) is 9.13. The van der Waals surface area contributed by atoms with Crippen molar-refractivity contribution in [2.45, 2.75) is 30.9 Å². The number of aryl methyl sites for hydroxylation is 1. The van der Waals surface area contributed by atoms with E-state index in [2.05, 4.69) is 15.7 Å². The van der Waals surface area contributed by atoms with Crippen molar-refractivity contribution >= 4 is 39.9 Å². The van der Waals surface area contributed by atoms with Gasteiger partial charge in [0.15, 0.2) is 5.69 Å². The molecule has 0 aliphatic carbocycles. The van der Waals surface area contributed by atoms with Crippen molar-refractivity contribution in [3.8, 4) is 0 Å². The van der Waals surface area contributed by atoms with Crippen LogP contribution in [-0.2, 0) is 7.05 Å². The van der Waals surface area contributed by atoms with Gasteiger partial charge in [-0.2, -0.15) is 5.10 Å². The number of nitrogens with one attached hydrogen (secondary N) is 2. The fourth-order valence-electron chi connectivity index (χ4n) is 3.97. The number of hydrogen-bond donors (Lipinski definition) is 3. The largest absolute Gasteiger partial charge is 0.385 e. The van der Waals surface area contributed by atoms with E-state index >= 15 is 0 Å². The summed E-state index contributed by atoms with van der Waals surface area (Å²) in [5.74, 6) is -0.915. The number of hydrogen-bond acceptors (Lipinski definition) is 6. The van der Waals surface area contributed by atoms with Crippen LogP contribution in [0.4, 0.5) is 15.8 Å². The van der Waals surface area contributed by atoms with Gasteiger partial charge in [-0.1, -0.05) is 6.42 Å². The molecule has 1 atom stereocenters. The zero-order valence-electron chi connectivity index (χ0n) is 16.5. The summed E-state index contributed by atoms with van der Waals surface area (Å²) in [5, 5.41) is 21.1. The van der Waals surface area contributed by atoms with Crippen LogP contribution < -0.4 is 16.2 Å². The molecule has 160 valence electrons. The predicted octanol–water partition coefficient (Wildman–Crippen LogP) is 1.60. The van der Waals surface area contributed by atoms with Crippen molar-refractivity contribution in [2.24, 2.45) is 7.05 Å². The van der Waals surface area contributed by atoms with Gasteiger partial charge in [0, 0.05) is 22.7 Å². The van der Waals surface area contributed by atoms with Crippen LogP contribution >= 0.6 is 22.6 Å². The van der Waals surface area contributed by atoms with E-state index in [1.807, 2.05) is 22.6 Å². The minimum absolute atomic E-state index is 0.00806. The first kappa shape index (κ1) is 21.2. The lowest BCUT2D eigenvalue weighted by Gasteiger charge is -2.51. The molecule has 0 saturated carbocycles. The number of carbonyl (C=O) groups is 1. The highest BCUT2D eigenvalue weighted by Gasteiger charge is 2.50. The monoisotopic (exact) mass is 527 g/mol. The summed E-state index contributed by atoms with van der Waals surface area (Å²) in [4.78, 5) is 26.7. The van der Waals surface area contributed by atoms with E-state index in [0.29, 0.717) is 0 Å². The summed E-state index contributed by atoms with van der Waals surface area (Å²) in [6.07, 6.45) is 3.00. The number of β-amino-alcohol motifs (C(OH)–C–C–N with tert-alkyl or cyclic N) is 1. The Kier molecular flexibility index (Phi) is 5.82. The molecule has 1 unspecified atom stereocenters. The second-order valence-electron chi connectivity index (χ2n) is 7.88. The Morgan fingerprint density at radius 1 is 1.33 bits per heavy atom. The average Bonchev–Trinajstić information content (AvgIpc) is 2.70. The predicted molar refractivity (Wildman–Crippen MR) is 118 cm³/mol. The number of amides is 1. The second kappa shape index (κ2) is 8.23. The molecule has 2 aliphatic heterocycles. The van der Waals surface area contributed by atoms with E-state index in [4.69, 9.17) is 0 Å². The smallest absolute Gasteiger partial charge is 0.276 e. The molecule has 3 heterocycles. The number of nitrogens with zero attached hydrogens (tertiary/aromatic N) is 3. The molecule has 2 aromatic rings. The lowest BCUT2D eigenvalue weighted by Crippen LogP contribution is -2.72. The van der Waals surface area contributed by atoms with Gasteiger partial charge in [0.1, 0.15) is 11.4 Å². The lowest BCUT2D eigenvalue weighted by molar-refractivity contribution is -0.108. The lowest BCUT2D eigenvalue weighted by atomic mass is 9.81. The molecule has 1 amide bonds. The first-order valence-electron chi connectivity index (χ1n) is 9.82. The van der Waals surface area contributed by atoms with Crippen LogP contribution in [0, 0.1) is 9.39 Å². The molecule has 1 aromatic carbocycles. The van der Waals surface area contributed by atoms with Crippen molar-refractivity contribution in [3.63, 3.8) is 0 Å². The average molecular weight is 527 g/mol. The van der Waals surface area contributed by atoms with Crippen molar-refractivity contribution in [3.05, 3.63) is 49.7 Å².